The van der Waals surface area contributed by atoms with E-state index < -0.39 is 36.3 Å². The lowest BCUT2D eigenvalue weighted by molar-refractivity contribution is -0.154. The number of ether oxygens (including phenoxy) is 2. The number of anilines is 1. The molecule has 1 aromatic carbocycles. The van der Waals surface area contributed by atoms with Gasteiger partial charge in [0.1, 0.15) is 16.9 Å². The standard InChI is InChI=1S/C21H22BrF4IN4O3/c1-20(2,3)34-19(32)31-10-4-5-11(31)8-30(7-10)17-12-6-13(27)14(22)15(23)16(12)28-18(29-17)33-9-21(24,25)26/h6,10-11H,4-5,7-9H2,1-3H3/t10-,11+. The first-order valence-corrected chi connectivity index (χ1v) is 12.4. The molecule has 186 valence electrons. The van der Waals surface area contributed by atoms with Gasteiger partial charge in [-0.05, 0) is 78.2 Å². The lowest BCUT2D eigenvalue weighted by Crippen LogP contribution is -2.57. The highest BCUT2D eigenvalue weighted by Gasteiger charge is 2.45. The van der Waals surface area contributed by atoms with Gasteiger partial charge in [-0.3, -0.25) is 4.90 Å². The predicted molar refractivity (Wildman–Crippen MR) is 129 cm³/mol. The topological polar surface area (TPSA) is 67.8 Å². The first-order chi connectivity index (χ1) is 15.7. The second-order valence-corrected chi connectivity index (χ2v) is 11.2. The van der Waals surface area contributed by atoms with E-state index in [0.29, 0.717) is 22.0 Å². The SMILES string of the molecule is CC(C)(C)OC(=O)N1[C@@H]2CC[C@H]1CN(c1nc(OCC(F)(F)F)nc3c(F)c(Br)c(I)cc13)C2. The second kappa shape index (κ2) is 9.10. The van der Waals surface area contributed by atoms with Gasteiger partial charge in [-0.1, -0.05) is 0 Å². The maximum absolute atomic E-state index is 15.0. The van der Waals surface area contributed by atoms with Crippen LogP contribution in [0, 0.1) is 9.39 Å². The highest BCUT2D eigenvalue weighted by atomic mass is 127. The minimum Gasteiger partial charge on any atom is -0.454 e. The Morgan fingerprint density at radius 3 is 2.38 bits per heavy atom. The van der Waals surface area contributed by atoms with E-state index in [0.717, 1.165) is 12.8 Å². The highest BCUT2D eigenvalue weighted by Crippen LogP contribution is 2.38. The minimum absolute atomic E-state index is 0.142. The van der Waals surface area contributed by atoms with Crippen molar-refractivity contribution in [2.24, 2.45) is 0 Å². The van der Waals surface area contributed by atoms with Crippen molar-refractivity contribution in [2.45, 2.75) is 57.5 Å². The van der Waals surface area contributed by atoms with Gasteiger partial charge in [-0.15, -0.1) is 0 Å². The molecule has 0 saturated carbocycles. The first kappa shape index (κ1) is 25.5. The average Bonchev–Trinajstić information content (AvgIpc) is 2.99. The number of carbonyl (C=O) groups is 1. The van der Waals surface area contributed by atoms with Crippen molar-refractivity contribution in [1.29, 1.82) is 0 Å². The van der Waals surface area contributed by atoms with Gasteiger partial charge < -0.3 is 14.4 Å². The summed E-state index contributed by atoms with van der Waals surface area (Å²) in [6.45, 7) is 4.54. The first-order valence-electron chi connectivity index (χ1n) is 10.5. The number of aromatic nitrogens is 2. The van der Waals surface area contributed by atoms with Crippen LogP contribution in [0.4, 0.5) is 28.2 Å². The summed E-state index contributed by atoms with van der Waals surface area (Å²) in [7, 11) is 0. The molecule has 2 atom stereocenters. The molecule has 7 nitrogen and oxygen atoms in total. The zero-order valence-corrected chi connectivity index (χ0v) is 22.3. The fourth-order valence-electron chi connectivity index (χ4n) is 4.28. The molecule has 13 heteroatoms. The van der Waals surface area contributed by atoms with E-state index in [1.54, 1.807) is 31.7 Å². The van der Waals surface area contributed by atoms with E-state index >= 15 is 4.39 Å². The molecule has 2 aromatic rings. The molecule has 3 heterocycles. The molecule has 1 aromatic heterocycles. The minimum atomic E-state index is -4.60. The van der Waals surface area contributed by atoms with E-state index in [1.165, 1.54) is 0 Å². The zero-order valence-electron chi connectivity index (χ0n) is 18.5. The fourth-order valence-corrected chi connectivity index (χ4v) is 5.13. The predicted octanol–water partition coefficient (Wildman–Crippen LogP) is 5.67. The van der Waals surface area contributed by atoms with Crippen LogP contribution in [0.1, 0.15) is 33.6 Å². The third kappa shape index (κ3) is 5.29. The van der Waals surface area contributed by atoms with Crippen LogP contribution in [0.3, 0.4) is 0 Å². The Balaban J connectivity index is 1.70. The highest BCUT2D eigenvalue weighted by molar-refractivity contribution is 14.1. The van der Waals surface area contributed by atoms with Crippen LogP contribution in [0.2, 0.25) is 0 Å². The second-order valence-electron chi connectivity index (χ2n) is 9.29. The van der Waals surface area contributed by atoms with Gasteiger partial charge in [-0.2, -0.15) is 23.1 Å². The lowest BCUT2D eigenvalue weighted by atomic mass is 10.1. The third-order valence-corrected chi connectivity index (χ3v) is 7.90. The summed E-state index contributed by atoms with van der Waals surface area (Å²) in [6, 6.07) is 0.775. The van der Waals surface area contributed by atoms with E-state index in [1.807, 2.05) is 27.5 Å². The number of hydrogen-bond acceptors (Lipinski definition) is 6. The molecular weight excluding hydrogens is 639 g/mol. The Hall–Kier alpha value is -1.64. The monoisotopic (exact) mass is 660 g/mol. The number of rotatable bonds is 3. The normalized spacial score (nSPS) is 20.7. The fraction of sp³-hybridized carbons (Fsp3) is 0.571. The van der Waals surface area contributed by atoms with E-state index in [9.17, 15) is 18.0 Å². The summed E-state index contributed by atoms with van der Waals surface area (Å²) in [4.78, 5) is 24.5. The number of halogens is 6. The molecule has 2 aliphatic rings. The third-order valence-electron chi connectivity index (χ3n) is 5.54. The molecule has 34 heavy (non-hydrogen) atoms. The van der Waals surface area contributed by atoms with Gasteiger partial charge in [0.2, 0.25) is 0 Å². The molecule has 2 aliphatic heterocycles. The maximum atomic E-state index is 15.0. The van der Waals surface area contributed by atoms with E-state index in [4.69, 9.17) is 9.47 Å². The van der Waals surface area contributed by atoms with Crippen molar-refractivity contribution in [3.8, 4) is 6.01 Å². The lowest BCUT2D eigenvalue weighted by Gasteiger charge is -2.42. The van der Waals surface area contributed by atoms with Crippen molar-refractivity contribution in [1.82, 2.24) is 14.9 Å². The van der Waals surface area contributed by atoms with Gasteiger partial charge in [-0.25, -0.2) is 9.18 Å². The quantitative estimate of drug-likeness (QED) is 0.240. The molecule has 2 bridgehead atoms. The molecule has 0 unspecified atom stereocenters. The Bertz CT molecular complexity index is 1110. The van der Waals surface area contributed by atoms with Gasteiger partial charge in [0.05, 0.1) is 16.6 Å². The number of piperazine rings is 1. The van der Waals surface area contributed by atoms with Gasteiger partial charge in [0, 0.05) is 22.0 Å². The van der Waals surface area contributed by atoms with Crippen molar-refractivity contribution in [3.05, 3.63) is 19.9 Å². The molecular formula is C21H22BrF4IN4O3. The van der Waals surface area contributed by atoms with Crippen LogP contribution in [0.15, 0.2) is 10.5 Å². The molecule has 0 radical (unpaired) electrons. The smallest absolute Gasteiger partial charge is 0.422 e. The summed E-state index contributed by atoms with van der Waals surface area (Å²) < 4.78 is 64.3. The van der Waals surface area contributed by atoms with Crippen molar-refractivity contribution >= 4 is 61.3 Å². The van der Waals surface area contributed by atoms with E-state index in [-0.39, 0.29) is 27.9 Å². The van der Waals surface area contributed by atoms with Crippen LogP contribution in [0.25, 0.3) is 10.9 Å². The largest absolute Gasteiger partial charge is 0.454 e. The number of carbonyl (C=O) groups excluding carboxylic acids is 1. The Morgan fingerprint density at radius 2 is 1.82 bits per heavy atom. The Labute approximate surface area is 215 Å². The molecule has 1 amide bonds. The molecule has 2 saturated heterocycles. The summed E-state index contributed by atoms with van der Waals surface area (Å²) in [5.41, 5.74) is -0.778. The number of benzene rings is 1. The Morgan fingerprint density at radius 1 is 1.21 bits per heavy atom. The number of fused-ring (bicyclic) bond motifs is 3. The van der Waals surface area contributed by atoms with Crippen molar-refractivity contribution in [3.63, 3.8) is 0 Å². The van der Waals surface area contributed by atoms with Gasteiger partial charge >= 0.3 is 18.3 Å². The summed E-state index contributed by atoms with van der Waals surface area (Å²) in [5, 5.41) is 0.356. The van der Waals surface area contributed by atoms with Gasteiger partial charge in [0.25, 0.3) is 0 Å². The Kier molecular flexibility index (Phi) is 6.81. The van der Waals surface area contributed by atoms with Crippen LogP contribution in [-0.4, -0.2) is 64.5 Å². The van der Waals surface area contributed by atoms with Crippen molar-refractivity contribution in [2.75, 3.05) is 24.6 Å². The molecule has 0 spiro atoms. The van der Waals surface area contributed by atoms with Gasteiger partial charge in [0.15, 0.2) is 12.4 Å². The zero-order chi connectivity index (χ0) is 25.0. The number of alkyl halides is 3. The summed E-state index contributed by atoms with van der Waals surface area (Å²) >= 11 is 5.11. The average molecular weight is 661 g/mol. The number of hydrogen-bond donors (Lipinski definition) is 0. The summed E-state index contributed by atoms with van der Waals surface area (Å²) in [5.74, 6) is -0.440. The molecule has 4 rings (SSSR count). The molecule has 2 fully saturated rings. The van der Waals surface area contributed by atoms with E-state index in [2.05, 4.69) is 25.9 Å². The van der Waals surface area contributed by atoms with Crippen LogP contribution in [-0.2, 0) is 4.74 Å². The number of nitrogens with zero attached hydrogens (tertiary/aromatic N) is 4. The van der Waals surface area contributed by atoms with Crippen LogP contribution < -0.4 is 9.64 Å². The van der Waals surface area contributed by atoms with Crippen LogP contribution >= 0.6 is 38.5 Å². The van der Waals surface area contributed by atoms with Crippen LogP contribution in [0.5, 0.6) is 6.01 Å². The molecule has 0 aliphatic carbocycles. The maximum Gasteiger partial charge on any atom is 0.422 e. The summed E-state index contributed by atoms with van der Waals surface area (Å²) in [6.07, 6.45) is -3.50. The molecule has 0 N–H and O–H groups in total. The van der Waals surface area contributed by atoms with Crippen molar-refractivity contribution < 1.29 is 31.8 Å². The number of amides is 1.